The lowest BCUT2D eigenvalue weighted by Gasteiger charge is -2.10. The van der Waals surface area contributed by atoms with Crippen molar-refractivity contribution < 1.29 is 4.74 Å². The lowest BCUT2D eigenvalue weighted by Crippen LogP contribution is -2.22. The van der Waals surface area contributed by atoms with Crippen molar-refractivity contribution in [3.8, 4) is 17.3 Å². The Morgan fingerprint density at radius 1 is 1.00 bits per heavy atom. The van der Waals surface area contributed by atoms with Gasteiger partial charge in [-0.05, 0) is 44.5 Å². The van der Waals surface area contributed by atoms with Gasteiger partial charge in [-0.25, -0.2) is 4.98 Å². The molecule has 0 aliphatic heterocycles. The summed E-state index contributed by atoms with van der Waals surface area (Å²) < 4.78 is 8.75. The van der Waals surface area contributed by atoms with Crippen LogP contribution in [0.2, 0.25) is 0 Å². The number of hydrogen-bond acceptors (Lipinski definition) is 4. The molecule has 6 nitrogen and oxygen atoms in total. The maximum Gasteiger partial charge on any atom is 0.282 e. The maximum absolute atomic E-state index is 13.2. The number of hydrogen-bond donors (Lipinski definition) is 0. The molecule has 0 aliphatic carbocycles. The Labute approximate surface area is 156 Å². The second-order valence-corrected chi connectivity index (χ2v) is 6.55. The molecule has 0 amide bonds. The smallest absolute Gasteiger partial charge is 0.282 e. The summed E-state index contributed by atoms with van der Waals surface area (Å²) in [6, 6.07) is 11.5. The summed E-state index contributed by atoms with van der Waals surface area (Å²) in [5, 5.41) is 5.84. The SMILES string of the molecule is COc1cccc(-n2c(C)c3cnn(-c4ccc(C)cn4)c(=O)c3c2C)c1. The van der Waals surface area contributed by atoms with E-state index in [9.17, 15) is 4.79 Å². The number of ether oxygens (including phenoxy) is 1. The fourth-order valence-corrected chi connectivity index (χ4v) is 3.45. The van der Waals surface area contributed by atoms with E-state index in [1.54, 1.807) is 25.6 Å². The van der Waals surface area contributed by atoms with Crippen LogP contribution in [-0.2, 0) is 0 Å². The summed E-state index contributed by atoms with van der Waals surface area (Å²) in [6.07, 6.45) is 3.46. The van der Waals surface area contributed by atoms with Crippen molar-refractivity contribution >= 4 is 10.8 Å². The molecular formula is C21H20N4O2. The molecule has 0 saturated carbocycles. The van der Waals surface area contributed by atoms with Crippen LogP contribution < -0.4 is 10.3 Å². The molecule has 0 saturated heterocycles. The fourth-order valence-electron chi connectivity index (χ4n) is 3.45. The van der Waals surface area contributed by atoms with Gasteiger partial charge in [-0.2, -0.15) is 9.78 Å². The van der Waals surface area contributed by atoms with Gasteiger partial charge in [0.2, 0.25) is 0 Å². The Kier molecular flexibility index (Phi) is 4.03. The van der Waals surface area contributed by atoms with Gasteiger partial charge in [0.1, 0.15) is 5.75 Å². The molecule has 27 heavy (non-hydrogen) atoms. The largest absolute Gasteiger partial charge is 0.497 e. The van der Waals surface area contributed by atoms with E-state index < -0.39 is 0 Å². The molecule has 0 N–H and O–H groups in total. The number of nitrogens with zero attached hydrogens (tertiary/aromatic N) is 4. The average molecular weight is 360 g/mol. The lowest BCUT2D eigenvalue weighted by molar-refractivity contribution is 0.414. The van der Waals surface area contributed by atoms with Crippen molar-refractivity contribution in [1.29, 1.82) is 0 Å². The molecule has 0 aliphatic rings. The second-order valence-electron chi connectivity index (χ2n) is 6.55. The highest BCUT2D eigenvalue weighted by Gasteiger charge is 2.18. The molecule has 0 fully saturated rings. The first kappa shape index (κ1) is 17.0. The van der Waals surface area contributed by atoms with Crippen molar-refractivity contribution in [1.82, 2.24) is 19.3 Å². The molecule has 0 unspecified atom stereocenters. The molecule has 0 radical (unpaired) electrons. The number of rotatable bonds is 3. The number of fused-ring (bicyclic) bond motifs is 1. The van der Waals surface area contributed by atoms with Crippen LogP contribution >= 0.6 is 0 Å². The van der Waals surface area contributed by atoms with Crippen LogP contribution in [0.3, 0.4) is 0 Å². The molecule has 1 aromatic carbocycles. The van der Waals surface area contributed by atoms with E-state index >= 15 is 0 Å². The van der Waals surface area contributed by atoms with Crippen LogP contribution in [0, 0.1) is 20.8 Å². The maximum atomic E-state index is 13.2. The van der Waals surface area contributed by atoms with Crippen LogP contribution in [-0.4, -0.2) is 26.4 Å². The molecule has 6 heteroatoms. The summed E-state index contributed by atoms with van der Waals surface area (Å²) >= 11 is 0. The third-order valence-electron chi connectivity index (χ3n) is 4.82. The predicted molar refractivity (Wildman–Crippen MR) is 105 cm³/mol. The monoisotopic (exact) mass is 360 g/mol. The van der Waals surface area contributed by atoms with E-state index in [1.807, 2.05) is 51.1 Å². The molecule has 0 atom stereocenters. The molecule has 3 heterocycles. The van der Waals surface area contributed by atoms with Gasteiger partial charge in [-0.3, -0.25) is 4.79 Å². The Hall–Kier alpha value is -3.41. The third-order valence-corrected chi connectivity index (χ3v) is 4.82. The van der Waals surface area contributed by atoms with Gasteiger partial charge in [-0.15, -0.1) is 0 Å². The molecule has 4 aromatic rings. The summed E-state index contributed by atoms with van der Waals surface area (Å²) in [7, 11) is 1.64. The Balaban J connectivity index is 1.98. The molecule has 0 bridgehead atoms. The summed E-state index contributed by atoms with van der Waals surface area (Å²) in [5.74, 6) is 1.28. The van der Waals surface area contributed by atoms with Gasteiger partial charge < -0.3 is 9.30 Å². The highest BCUT2D eigenvalue weighted by atomic mass is 16.5. The van der Waals surface area contributed by atoms with E-state index in [0.717, 1.165) is 33.8 Å². The number of aromatic nitrogens is 4. The van der Waals surface area contributed by atoms with Gasteiger partial charge in [-0.1, -0.05) is 12.1 Å². The standard InChI is InChI=1S/C21H20N4O2/c1-13-8-9-19(22-11-13)25-21(26)20-15(3)24(14(2)18(20)12-23-25)16-6-5-7-17(10-16)27-4/h5-12H,1-4H3. The third kappa shape index (κ3) is 2.70. The van der Waals surface area contributed by atoms with Gasteiger partial charge in [0, 0.05) is 34.7 Å². The van der Waals surface area contributed by atoms with Crippen molar-refractivity contribution in [3.05, 3.63) is 76.1 Å². The quantitative estimate of drug-likeness (QED) is 0.561. The first-order valence-corrected chi connectivity index (χ1v) is 8.68. The zero-order valence-electron chi connectivity index (χ0n) is 15.7. The fraction of sp³-hybridized carbons (Fsp3) is 0.190. The van der Waals surface area contributed by atoms with Gasteiger partial charge in [0.15, 0.2) is 5.82 Å². The minimum absolute atomic E-state index is 0.175. The Morgan fingerprint density at radius 2 is 1.81 bits per heavy atom. The summed E-state index contributed by atoms with van der Waals surface area (Å²) in [4.78, 5) is 17.5. The van der Waals surface area contributed by atoms with Crippen LogP contribution in [0.25, 0.3) is 22.3 Å². The first-order chi connectivity index (χ1) is 13.0. The number of pyridine rings is 1. The van der Waals surface area contributed by atoms with E-state index in [4.69, 9.17) is 4.74 Å². The van der Waals surface area contributed by atoms with Crippen molar-refractivity contribution in [2.24, 2.45) is 0 Å². The van der Waals surface area contributed by atoms with Gasteiger partial charge >= 0.3 is 0 Å². The van der Waals surface area contributed by atoms with Crippen LogP contribution in [0.4, 0.5) is 0 Å². The Bertz CT molecular complexity index is 1200. The van der Waals surface area contributed by atoms with Gasteiger partial charge in [0.25, 0.3) is 5.56 Å². The summed E-state index contributed by atoms with van der Waals surface area (Å²) in [5.41, 5.74) is 3.63. The zero-order valence-corrected chi connectivity index (χ0v) is 15.7. The molecule has 4 rings (SSSR count). The zero-order chi connectivity index (χ0) is 19.1. The predicted octanol–water partition coefficient (Wildman–Crippen LogP) is 3.51. The normalized spacial score (nSPS) is 11.1. The van der Waals surface area contributed by atoms with Crippen LogP contribution in [0.5, 0.6) is 5.75 Å². The van der Waals surface area contributed by atoms with Crippen LogP contribution in [0.15, 0.2) is 53.6 Å². The van der Waals surface area contributed by atoms with E-state index in [2.05, 4.69) is 14.6 Å². The van der Waals surface area contributed by atoms with Gasteiger partial charge in [0.05, 0.1) is 18.7 Å². The number of benzene rings is 1. The van der Waals surface area contributed by atoms with E-state index in [1.165, 1.54) is 4.68 Å². The van der Waals surface area contributed by atoms with E-state index in [-0.39, 0.29) is 5.56 Å². The number of aryl methyl sites for hydroxylation is 3. The van der Waals surface area contributed by atoms with E-state index in [0.29, 0.717) is 11.2 Å². The molecule has 0 spiro atoms. The molecule has 3 aromatic heterocycles. The molecular weight excluding hydrogens is 340 g/mol. The first-order valence-electron chi connectivity index (χ1n) is 8.68. The Morgan fingerprint density at radius 3 is 2.52 bits per heavy atom. The highest BCUT2D eigenvalue weighted by molar-refractivity contribution is 5.88. The van der Waals surface area contributed by atoms with Crippen molar-refractivity contribution in [2.45, 2.75) is 20.8 Å². The topological polar surface area (TPSA) is 61.9 Å². The molecule has 136 valence electrons. The lowest BCUT2D eigenvalue weighted by atomic mass is 10.2. The van der Waals surface area contributed by atoms with Crippen molar-refractivity contribution in [2.75, 3.05) is 7.11 Å². The summed E-state index contributed by atoms with van der Waals surface area (Å²) in [6.45, 7) is 5.89. The van der Waals surface area contributed by atoms with Crippen molar-refractivity contribution in [3.63, 3.8) is 0 Å². The number of methoxy groups -OCH3 is 1. The highest BCUT2D eigenvalue weighted by Crippen LogP contribution is 2.27. The average Bonchev–Trinajstić information content (AvgIpc) is 2.94. The minimum Gasteiger partial charge on any atom is -0.497 e. The van der Waals surface area contributed by atoms with Crippen LogP contribution in [0.1, 0.15) is 17.0 Å². The second kappa shape index (κ2) is 6.39. The minimum atomic E-state index is -0.175.